The Morgan fingerprint density at radius 3 is 1.31 bits per heavy atom. The second kappa shape index (κ2) is 38.4. The third kappa shape index (κ3) is 24.4. The van der Waals surface area contributed by atoms with Crippen LogP contribution >= 0.6 is 0 Å². The number of hydrogen-bond acceptors (Lipinski definition) is 12. The molecule has 0 spiro atoms. The molecule has 13 nitrogen and oxygen atoms in total. The van der Waals surface area contributed by atoms with Crippen molar-refractivity contribution in [1.82, 2.24) is 54.3 Å². The number of benzene rings is 3. The van der Waals surface area contributed by atoms with Gasteiger partial charge in [-0.3, -0.25) is 48.9 Å². The van der Waals surface area contributed by atoms with Crippen molar-refractivity contribution in [3.05, 3.63) is 131 Å². The lowest BCUT2D eigenvalue weighted by Crippen LogP contribution is -2.50. The first kappa shape index (κ1) is 73.4. The number of fused-ring (bicyclic) bond motifs is 1. The Bertz CT molecular complexity index is 2520. The van der Waals surface area contributed by atoms with Gasteiger partial charge in [-0.2, -0.15) is 0 Å². The Kier molecular flexibility index (Phi) is 31.3. The highest BCUT2D eigenvalue weighted by molar-refractivity contribution is 5.73. The second-order valence-corrected chi connectivity index (χ2v) is 29.4. The number of furan rings is 1. The summed E-state index contributed by atoms with van der Waals surface area (Å²) < 4.78 is 5.41. The van der Waals surface area contributed by atoms with Gasteiger partial charge in [0.05, 0.1) is 12.8 Å². The monoisotopic (exact) mass is 1240 g/mol. The number of carbonyl (C=O) groups excluding carboxylic acids is 1. The highest BCUT2D eigenvalue weighted by Gasteiger charge is 2.34. The van der Waals surface area contributed by atoms with Crippen molar-refractivity contribution in [3.63, 3.8) is 0 Å². The Balaban J connectivity index is 0.000000160. The molecule has 1 amide bonds. The standard InChI is InChI=1S/C17H28N2.C16H24N2.C16H26N2.C14H27N3O.C14H24N2O/c1-15(2)19-12-7-10-17(14-19)18(3)13-11-16-8-5-4-6-9-16;1-13(2)17-9-5-8-16(12-17)18-10-14-6-3-4-7-15(14)11-18;1-14(2)18-11-7-10-16(13-18)17(3)12-15-8-5-4-6-9-15;1-11(2)16-7-4-5-14(10-16)17-8-6-13(9-17)15-12(3)18;1-12(2)16-8-4-6-13(10-16)15(3)11-14-7-5-9-17-14/h4-6,8-9,15,17H,7,10-14H2,1-3H3;3-4,6-7,13,16H,5,8-12H2,1-2H3;4-6,8-9,14,16H,7,10-13H2,1-3H3;11,13-14H,4-10H2,1-3H3,(H,15,18);5,7,9,12-13H,4,6,8,10-11H2,1-3H3. The lowest BCUT2D eigenvalue weighted by atomic mass is 10.0. The molecule has 13 heteroatoms. The van der Waals surface area contributed by atoms with Gasteiger partial charge in [0, 0.05) is 145 Å². The largest absolute Gasteiger partial charge is 0.468 e. The van der Waals surface area contributed by atoms with Crippen LogP contribution in [0.4, 0.5) is 0 Å². The van der Waals surface area contributed by atoms with E-state index < -0.39 is 0 Å². The maximum atomic E-state index is 11.1. The first-order valence-electron chi connectivity index (χ1n) is 36.0. The molecule has 0 bridgehead atoms. The van der Waals surface area contributed by atoms with Gasteiger partial charge < -0.3 is 14.6 Å². The summed E-state index contributed by atoms with van der Waals surface area (Å²) in [5.41, 5.74) is 5.95. The third-order valence-corrected chi connectivity index (χ3v) is 21.0. The van der Waals surface area contributed by atoms with Crippen LogP contribution < -0.4 is 5.32 Å². The minimum Gasteiger partial charge on any atom is -0.468 e. The van der Waals surface area contributed by atoms with Gasteiger partial charge in [0.1, 0.15) is 5.76 Å². The zero-order valence-corrected chi connectivity index (χ0v) is 59.5. The van der Waals surface area contributed by atoms with E-state index in [0.29, 0.717) is 54.4 Å². The van der Waals surface area contributed by atoms with Crippen LogP contribution in [0.3, 0.4) is 0 Å². The normalized spacial score (nSPS) is 24.4. The lowest BCUT2D eigenvalue weighted by molar-refractivity contribution is -0.119. The van der Waals surface area contributed by atoms with Crippen LogP contribution in [0.25, 0.3) is 0 Å². The molecule has 11 rings (SSSR count). The van der Waals surface area contributed by atoms with Crippen molar-refractivity contribution in [2.45, 2.75) is 246 Å². The molecule has 1 aromatic heterocycles. The number of nitrogens with one attached hydrogen (secondary N) is 1. The molecule has 504 valence electrons. The molecule has 0 radical (unpaired) electrons. The summed E-state index contributed by atoms with van der Waals surface area (Å²) in [6, 6.07) is 41.9. The molecule has 7 aliphatic heterocycles. The molecule has 7 aliphatic rings. The van der Waals surface area contributed by atoms with Gasteiger partial charge in [0.25, 0.3) is 0 Å². The maximum Gasteiger partial charge on any atom is 0.217 e. The van der Waals surface area contributed by atoms with Gasteiger partial charge in [-0.05, 0) is 235 Å². The minimum atomic E-state index is 0.106. The van der Waals surface area contributed by atoms with Crippen molar-refractivity contribution in [2.24, 2.45) is 0 Å². The van der Waals surface area contributed by atoms with E-state index in [1.807, 2.05) is 6.07 Å². The Morgan fingerprint density at radius 1 is 0.456 bits per heavy atom. The van der Waals surface area contributed by atoms with E-state index in [-0.39, 0.29) is 5.91 Å². The number of likely N-dealkylation sites (tertiary alicyclic amines) is 6. The summed E-state index contributed by atoms with van der Waals surface area (Å²) in [5, 5.41) is 3.05. The third-order valence-electron chi connectivity index (χ3n) is 21.0. The average molecular weight is 1240 g/mol. The predicted molar refractivity (Wildman–Crippen MR) is 379 cm³/mol. The summed E-state index contributed by atoms with van der Waals surface area (Å²) >= 11 is 0. The Labute approximate surface area is 550 Å². The van der Waals surface area contributed by atoms with Crippen molar-refractivity contribution >= 4 is 5.91 Å². The molecule has 6 unspecified atom stereocenters. The molecular weight excluding hydrogens is 1110 g/mol. The van der Waals surface area contributed by atoms with Crippen molar-refractivity contribution in [3.8, 4) is 0 Å². The quantitative estimate of drug-likeness (QED) is 0.103. The van der Waals surface area contributed by atoms with Gasteiger partial charge >= 0.3 is 0 Å². The predicted octanol–water partition coefficient (Wildman–Crippen LogP) is 12.6. The number of hydrogen-bond donors (Lipinski definition) is 1. The Morgan fingerprint density at radius 2 is 0.867 bits per heavy atom. The smallest absolute Gasteiger partial charge is 0.217 e. The van der Waals surface area contributed by atoms with Gasteiger partial charge in [-0.25, -0.2) is 0 Å². The molecule has 3 aromatic carbocycles. The number of likely N-dealkylation sites (N-methyl/N-ethyl adjacent to an activating group) is 3. The highest BCUT2D eigenvalue weighted by Crippen LogP contribution is 2.29. The number of carbonyl (C=O) groups is 1. The average Bonchev–Trinajstić information content (AvgIpc) is 4.52. The zero-order valence-electron chi connectivity index (χ0n) is 59.5. The number of rotatable bonds is 18. The highest BCUT2D eigenvalue weighted by atomic mass is 16.3. The van der Waals surface area contributed by atoms with E-state index in [1.165, 1.54) is 147 Å². The van der Waals surface area contributed by atoms with Gasteiger partial charge in [0.2, 0.25) is 5.91 Å². The van der Waals surface area contributed by atoms with Gasteiger partial charge in [-0.15, -0.1) is 0 Å². The van der Waals surface area contributed by atoms with E-state index in [2.05, 4.69) is 236 Å². The molecule has 6 atom stereocenters. The van der Waals surface area contributed by atoms with E-state index in [4.69, 9.17) is 4.42 Å². The van der Waals surface area contributed by atoms with Gasteiger partial charge in [-0.1, -0.05) is 84.9 Å². The van der Waals surface area contributed by atoms with Crippen LogP contribution in [0.2, 0.25) is 0 Å². The van der Waals surface area contributed by atoms with Crippen LogP contribution in [0, 0.1) is 0 Å². The first-order valence-corrected chi connectivity index (χ1v) is 36.0. The number of nitrogens with zero attached hydrogens (tertiary/aromatic N) is 10. The SMILES string of the molecule is CC(=O)NC1CCN(C2CCCN(C(C)C)C2)C1.CC(C)N1CCCC(N(C)CCc2ccccc2)C1.CC(C)N1CCCC(N(C)Cc2ccccc2)C1.CC(C)N1CCCC(N(C)Cc2ccco2)C1.CC(C)N1CCCC(N2Cc3ccccc3C2)C1. The molecule has 6 fully saturated rings. The van der Waals surface area contributed by atoms with Crippen molar-refractivity contribution in [1.29, 1.82) is 0 Å². The summed E-state index contributed by atoms with van der Waals surface area (Å²) in [7, 11) is 6.76. The van der Waals surface area contributed by atoms with E-state index in [1.54, 1.807) is 24.3 Å². The fourth-order valence-electron chi connectivity index (χ4n) is 15.0. The second-order valence-electron chi connectivity index (χ2n) is 29.4. The molecule has 0 saturated carbocycles. The molecular formula is C77H129N11O2. The van der Waals surface area contributed by atoms with Crippen LogP contribution in [0.5, 0.6) is 0 Å². The summed E-state index contributed by atoms with van der Waals surface area (Å²) in [6.07, 6.45) is 17.4. The first-order chi connectivity index (χ1) is 43.3. The van der Waals surface area contributed by atoms with Crippen LogP contribution in [-0.4, -0.2) is 228 Å². The van der Waals surface area contributed by atoms with Crippen LogP contribution in [0.1, 0.15) is 175 Å². The lowest BCUT2D eigenvalue weighted by Gasteiger charge is -2.39. The molecule has 0 aliphatic carbocycles. The maximum absolute atomic E-state index is 11.1. The fourth-order valence-corrected chi connectivity index (χ4v) is 15.0. The molecule has 8 heterocycles. The van der Waals surface area contributed by atoms with Crippen LogP contribution in [-0.2, 0) is 37.4 Å². The number of piperidine rings is 5. The molecule has 4 aromatic rings. The summed E-state index contributed by atoms with van der Waals surface area (Å²) in [5.74, 6) is 1.17. The van der Waals surface area contributed by atoms with Crippen molar-refractivity contribution < 1.29 is 9.21 Å². The summed E-state index contributed by atoms with van der Waals surface area (Å²) in [6.45, 7) is 44.7. The zero-order chi connectivity index (χ0) is 64.5. The van der Waals surface area contributed by atoms with E-state index >= 15 is 0 Å². The number of amides is 1. The van der Waals surface area contributed by atoms with E-state index in [0.717, 1.165) is 70.0 Å². The topological polar surface area (TPSA) is 74.6 Å². The molecule has 90 heavy (non-hydrogen) atoms. The molecule has 6 saturated heterocycles. The fraction of sp³-hybridized carbons (Fsp3) is 0.701. The minimum absolute atomic E-state index is 0.106. The van der Waals surface area contributed by atoms with E-state index in [9.17, 15) is 4.79 Å². The Hall–Kier alpha value is -3.99. The van der Waals surface area contributed by atoms with Crippen molar-refractivity contribution in [2.75, 3.05) is 106 Å². The van der Waals surface area contributed by atoms with Crippen LogP contribution in [0.15, 0.2) is 108 Å². The molecule has 1 N–H and O–H groups in total. The van der Waals surface area contributed by atoms with Gasteiger partial charge in [0.15, 0.2) is 0 Å². The summed E-state index contributed by atoms with van der Waals surface area (Å²) in [4.78, 5) is 36.9.